The largest absolute Gasteiger partial charge is 0.478 e. The summed E-state index contributed by atoms with van der Waals surface area (Å²) in [5.74, 6) is -1.00. The van der Waals surface area contributed by atoms with Gasteiger partial charge < -0.3 is 5.11 Å². The second kappa shape index (κ2) is 5.60. The van der Waals surface area contributed by atoms with E-state index in [0.29, 0.717) is 5.57 Å². The summed E-state index contributed by atoms with van der Waals surface area (Å²) in [5.41, 5.74) is 1.39. The quantitative estimate of drug-likeness (QED) is 0.375. The van der Waals surface area contributed by atoms with Crippen molar-refractivity contribution in [3.05, 3.63) is 57.7 Å². The summed E-state index contributed by atoms with van der Waals surface area (Å²) in [6.07, 6.45) is 4.41. The number of aliphatic carboxylic acids is 1. The first kappa shape index (κ1) is 12.6. The minimum Gasteiger partial charge on any atom is -0.478 e. The normalized spacial score (nSPS) is 11.7. The van der Waals surface area contributed by atoms with Crippen molar-refractivity contribution in [2.24, 2.45) is 0 Å². The molecular formula is C12H11NO4. The Hall–Kier alpha value is -2.43. The number of nitro benzene ring substituents is 1. The Morgan fingerprint density at radius 1 is 1.35 bits per heavy atom. The summed E-state index contributed by atoms with van der Waals surface area (Å²) in [6, 6.07) is 6.00. The summed E-state index contributed by atoms with van der Waals surface area (Å²) in [5, 5.41) is 18.9. The Kier molecular flexibility index (Phi) is 4.16. The fraction of sp³-hybridized carbons (Fsp3) is 0.0833. The molecule has 1 rings (SSSR count). The molecule has 5 heteroatoms. The molecule has 0 radical (unpaired) electrons. The number of allylic oxidation sites excluding steroid dienone is 2. The molecule has 0 amide bonds. The lowest BCUT2D eigenvalue weighted by molar-refractivity contribution is -0.384. The van der Waals surface area contributed by atoms with Crippen LogP contribution in [0.15, 0.2) is 42.0 Å². The van der Waals surface area contributed by atoms with Crippen LogP contribution in [-0.4, -0.2) is 16.0 Å². The van der Waals surface area contributed by atoms with Gasteiger partial charge in [0.15, 0.2) is 0 Å². The molecule has 1 N–H and O–H groups in total. The van der Waals surface area contributed by atoms with Crippen LogP contribution in [0, 0.1) is 10.1 Å². The fourth-order valence-electron chi connectivity index (χ4n) is 1.18. The van der Waals surface area contributed by atoms with E-state index in [9.17, 15) is 14.9 Å². The van der Waals surface area contributed by atoms with E-state index in [-0.39, 0.29) is 5.69 Å². The van der Waals surface area contributed by atoms with E-state index in [1.54, 1.807) is 31.2 Å². The van der Waals surface area contributed by atoms with Crippen LogP contribution in [0.2, 0.25) is 0 Å². The Bertz CT molecular complexity index is 486. The van der Waals surface area contributed by atoms with Crippen LogP contribution in [0.5, 0.6) is 0 Å². The molecule has 17 heavy (non-hydrogen) atoms. The molecule has 0 saturated heterocycles. The summed E-state index contributed by atoms with van der Waals surface area (Å²) < 4.78 is 0. The zero-order valence-electron chi connectivity index (χ0n) is 9.16. The summed E-state index contributed by atoms with van der Waals surface area (Å²) in [7, 11) is 0. The van der Waals surface area contributed by atoms with Crippen molar-refractivity contribution in [1.29, 1.82) is 0 Å². The van der Waals surface area contributed by atoms with Gasteiger partial charge in [-0.1, -0.05) is 12.2 Å². The van der Waals surface area contributed by atoms with E-state index < -0.39 is 10.9 Å². The molecule has 0 aliphatic heterocycles. The van der Waals surface area contributed by atoms with Crippen molar-refractivity contribution >= 4 is 17.7 Å². The predicted octanol–water partition coefficient (Wildman–Crippen LogP) is 2.64. The van der Waals surface area contributed by atoms with E-state index >= 15 is 0 Å². The predicted molar refractivity (Wildman–Crippen MR) is 63.5 cm³/mol. The van der Waals surface area contributed by atoms with Crippen LogP contribution in [0.1, 0.15) is 12.5 Å². The Morgan fingerprint density at radius 3 is 2.41 bits per heavy atom. The summed E-state index contributed by atoms with van der Waals surface area (Å²) in [6.45, 7) is 1.66. The number of hydrogen-bond acceptors (Lipinski definition) is 3. The van der Waals surface area contributed by atoms with Gasteiger partial charge in [-0.2, -0.15) is 0 Å². The maximum atomic E-state index is 10.4. The maximum absolute atomic E-state index is 10.4. The molecule has 0 heterocycles. The molecule has 0 atom stereocenters. The molecule has 0 spiro atoms. The molecule has 88 valence electrons. The number of nitrogens with zero attached hydrogens (tertiary/aromatic N) is 1. The molecule has 0 saturated carbocycles. The lowest BCUT2D eigenvalue weighted by Gasteiger charge is -1.94. The van der Waals surface area contributed by atoms with Crippen LogP contribution in [0.3, 0.4) is 0 Å². The third kappa shape index (κ3) is 4.29. The molecule has 0 fully saturated rings. The maximum Gasteiger partial charge on any atom is 0.328 e. The van der Waals surface area contributed by atoms with Gasteiger partial charge in [0.2, 0.25) is 0 Å². The number of carbonyl (C=O) groups is 1. The van der Waals surface area contributed by atoms with Gasteiger partial charge in [-0.15, -0.1) is 0 Å². The highest BCUT2D eigenvalue weighted by Gasteiger charge is 2.01. The van der Waals surface area contributed by atoms with Crippen molar-refractivity contribution in [1.82, 2.24) is 0 Å². The van der Waals surface area contributed by atoms with Crippen LogP contribution in [0.4, 0.5) is 5.69 Å². The van der Waals surface area contributed by atoms with Gasteiger partial charge in [-0.05, 0) is 30.2 Å². The van der Waals surface area contributed by atoms with Crippen molar-refractivity contribution < 1.29 is 14.8 Å². The Morgan fingerprint density at radius 2 is 1.94 bits per heavy atom. The van der Waals surface area contributed by atoms with Gasteiger partial charge in [-0.3, -0.25) is 10.1 Å². The highest BCUT2D eigenvalue weighted by atomic mass is 16.6. The number of carboxylic acids is 1. The summed E-state index contributed by atoms with van der Waals surface area (Å²) in [4.78, 5) is 20.3. The highest BCUT2D eigenvalue weighted by molar-refractivity contribution is 5.81. The molecule has 0 aliphatic rings. The van der Waals surface area contributed by atoms with Crippen LogP contribution >= 0.6 is 0 Å². The lowest BCUT2D eigenvalue weighted by atomic mass is 10.1. The second-order valence-corrected chi connectivity index (χ2v) is 3.41. The van der Waals surface area contributed by atoms with Gasteiger partial charge in [0.05, 0.1) is 4.92 Å². The number of hydrogen-bond donors (Lipinski definition) is 1. The third-order valence-electron chi connectivity index (χ3n) is 1.99. The minimum absolute atomic E-state index is 0.0277. The van der Waals surface area contributed by atoms with Crippen molar-refractivity contribution in [3.8, 4) is 0 Å². The zero-order valence-corrected chi connectivity index (χ0v) is 9.16. The van der Waals surface area contributed by atoms with E-state index in [0.717, 1.165) is 11.6 Å². The van der Waals surface area contributed by atoms with E-state index in [1.807, 2.05) is 0 Å². The molecule has 0 bridgehead atoms. The number of nitro groups is 1. The Labute approximate surface area is 97.9 Å². The van der Waals surface area contributed by atoms with Crippen LogP contribution in [-0.2, 0) is 4.79 Å². The topological polar surface area (TPSA) is 80.4 Å². The smallest absolute Gasteiger partial charge is 0.328 e. The summed E-state index contributed by atoms with van der Waals surface area (Å²) >= 11 is 0. The first-order valence-corrected chi connectivity index (χ1v) is 4.83. The second-order valence-electron chi connectivity index (χ2n) is 3.41. The third-order valence-corrected chi connectivity index (χ3v) is 1.99. The first-order valence-electron chi connectivity index (χ1n) is 4.83. The molecule has 0 aromatic heterocycles. The molecule has 1 aromatic rings. The molecule has 1 aromatic carbocycles. The highest BCUT2D eigenvalue weighted by Crippen LogP contribution is 2.13. The van der Waals surface area contributed by atoms with Gasteiger partial charge in [0.25, 0.3) is 5.69 Å². The van der Waals surface area contributed by atoms with E-state index in [4.69, 9.17) is 5.11 Å². The molecular weight excluding hydrogens is 222 g/mol. The standard InChI is InChI=1S/C12H11NO4/c1-9(8-12(14)15)2-3-10-4-6-11(7-5-10)13(16)17/h2-8H,1H3,(H,14,15)/b3-2+,9-8-. The van der Waals surface area contributed by atoms with Crippen LogP contribution in [0.25, 0.3) is 6.08 Å². The van der Waals surface area contributed by atoms with Crippen molar-refractivity contribution in [2.75, 3.05) is 0 Å². The number of rotatable bonds is 4. The van der Waals surface area contributed by atoms with E-state index in [1.165, 1.54) is 12.1 Å². The minimum atomic E-state index is -1.00. The van der Waals surface area contributed by atoms with Crippen molar-refractivity contribution in [2.45, 2.75) is 6.92 Å². The average Bonchev–Trinajstić information content (AvgIpc) is 2.26. The number of carboxylic acid groups (broad SMARTS) is 1. The SMILES string of the molecule is CC(=C/C(=O)O)/C=C/c1ccc([N+](=O)[O-])cc1. The zero-order chi connectivity index (χ0) is 12.8. The van der Waals surface area contributed by atoms with Crippen molar-refractivity contribution in [3.63, 3.8) is 0 Å². The lowest BCUT2D eigenvalue weighted by Crippen LogP contribution is -1.88. The average molecular weight is 233 g/mol. The van der Waals surface area contributed by atoms with Gasteiger partial charge in [0, 0.05) is 18.2 Å². The molecule has 5 nitrogen and oxygen atoms in total. The number of benzene rings is 1. The molecule has 0 unspecified atom stereocenters. The van der Waals surface area contributed by atoms with Gasteiger partial charge in [0.1, 0.15) is 0 Å². The van der Waals surface area contributed by atoms with E-state index in [2.05, 4.69) is 0 Å². The van der Waals surface area contributed by atoms with Crippen LogP contribution < -0.4 is 0 Å². The Balaban J connectivity index is 2.79. The number of non-ortho nitro benzene ring substituents is 1. The first-order chi connectivity index (χ1) is 7.99. The monoisotopic (exact) mass is 233 g/mol. The molecule has 0 aliphatic carbocycles. The fourth-order valence-corrected chi connectivity index (χ4v) is 1.18. The van der Waals surface area contributed by atoms with Gasteiger partial charge >= 0.3 is 5.97 Å². The van der Waals surface area contributed by atoms with Gasteiger partial charge in [-0.25, -0.2) is 4.79 Å².